The molecule has 1 atom stereocenters. The van der Waals surface area contributed by atoms with Crippen LogP contribution >= 0.6 is 11.5 Å². The molecule has 5 rings (SSSR count). The number of benzene rings is 1. The van der Waals surface area contributed by atoms with E-state index in [1.165, 1.54) is 35.8 Å². The van der Waals surface area contributed by atoms with E-state index in [1.54, 1.807) is 4.90 Å². The zero-order chi connectivity index (χ0) is 18.5. The summed E-state index contributed by atoms with van der Waals surface area (Å²) < 4.78 is 19.6. The first kappa shape index (κ1) is 16.5. The van der Waals surface area contributed by atoms with Crippen molar-refractivity contribution in [3.63, 3.8) is 0 Å². The first-order chi connectivity index (χ1) is 13.1. The highest BCUT2D eigenvalue weighted by atomic mass is 32.1. The molecule has 0 saturated heterocycles. The number of hydrogen-bond acceptors (Lipinski definition) is 6. The molecular formula is C18H17FN6OS. The number of rotatable bonds is 3. The van der Waals surface area contributed by atoms with Gasteiger partial charge in [0.2, 0.25) is 0 Å². The van der Waals surface area contributed by atoms with Crippen LogP contribution in [0.15, 0.2) is 24.3 Å². The van der Waals surface area contributed by atoms with Gasteiger partial charge in [-0.15, -0.1) is 10.2 Å². The van der Waals surface area contributed by atoms with Crippen LogP contribution in [0.5, 0.6) is 0 Å². The summed E-state index contributed by atoms with van der Waals surface area (Å²) in [4.78, 5) is 19.2. The molecule has 3 aromatic rings. The number of halogens is 1. The van der Waals surface area contributed by atoms with Gasteiger partial charge in [0.05, 0.1) is 6.04 Å². The minimum atomic E-state index is -0.356. The quantitative estimate of drug-likeness (QED) is 0.694. The summed E-state index contributed by atoms with van der Waals surface area (Å²) in [5.74, 6) is 2.37. The zero-order valence-electron chi connectivity index (χ0n) is 14.7. The molecule has 0 spiro atoms. The first-order valence-electron chi connectivity index (χ1n) is 8.95. The highest BCUT2D eigenvalue weighted by Crippen LogP contribution is 2.40. The van der Waals surface area contributed by atoms with Gasteiger partial charge in [0, 0.05) is 24.6 Å². The molecule has 2 aromatic heterocycles. The predicted octanol–water partition coefficient (Wildman–Crippen LogP) is 3.03. The van der Waals surface area contributed by atoms with Crippen molar-refractivity contribution >= 4 is 17.4 Å². The maximum atomic E-state index is 13.1. The van der Waals surface area contributed by atoms with Crippen LogP contribution in [0.3, 0.4) is 0 Å². The Bertz CT molecular complexity index is 1010. The molecule has 138 valence electrons. The molecule has 0 N–H and O–H groups in total. The number of amides is 1. The molecule has 7 nitrogen and oxygen atoms in total. The summed E-state index contributed by atoms with van der Waals surface area (Å²) in [5.41, 5.74) is 0.467. The number of hydrogen-bond donors (Lipinski definition) is 0. The average Bonchev–Trinajstić information content (AvgIpc) is 3.24. The van der Waals surface area contributed by atoms with Crippen molar-refractivity contribution in [1.29, 1.82) is 0 Å². The van der Waals surface area contributed by atoms with Crippen molar-refractivity contribution in [3.8, 4) is 10.8 Å². The van der Waals surface area contributed by atoms with E-state index in [4.69, 9.17) is 0 Å². The zero-order valence-corrected chi connectivity index (χ0v) is 15.5. The van der Waals surface area contributed by atoms with Crippen molar-refractivity contribution in [2.75, 3.05) is 6.54 Å². The molecule has 0 unspecified atom stereocenters. The third-order valence-corrected chi connectivity index (χ3v) is 5.84. The number of fused-ring (bicyclic) bond motifs is 1. The van der Waals surface area contributed by atoms with Crippen molar-refractivity contribution < 1.29 is 9.18 Å². The van der Waals surface area contributed by atoms with Crippen LogP contribution in [-0.2, 0) is 6.54 Å². The Kier molecular flexibility index (Phi) is 3.78. The number of aromatic nitrogens is 5. The van der Waals surface area contributed by atoms with E-state index in [0.717, 1.165) is 35.3 Å². The Morgan fingerprint density at radius 2 is 1.96 bits per heavy atom. The van der Waals surface area contributed by atoms with E-state index in [-0.39, 0.29) is 17.8 Å². The molecule has 1 amide bonds. The molecule has 27 heavy (non-hydrogen) atoms. The van der Waals surface area contributed by atoms with Gasteiger partial charge in [-0.05, 0) is 55.6 Å². The Morgan fingerprint density at radius 1 is 1.19 bits per heavy atom. The van der Waals surface area contributed by atoms with Gasteiger partial charge < -0.3 is 9.47 Å². The predicted molar refractivity (Wildman–Crippen MR) is 96.8 cm³/mol. The van der Waals surface area contributed by atoms with Gasteiger partial charge in [-0.3, -0.25) is 4.79 Å². The number of carbonyl (C=O) groups is 1. The highest BCUT2D eigenvalue weighted by Gasteiger charge is 2.34. The Morgan fingerprint density at radius 3 is 2.70 bits per heavy atom. The van der Waals surface area contributed by atoms with Crippen LogP contribution in [-0.4, -0.2) is 41.5 Å². The van der Waals surface area contributed by atoms with Gasteiger partial charge >= 0.3 is 0 Å². The van der Waals surface area contributed by atoms with Gasteiger partial charge in [0.25, 0.3) is 5.91 Å². The summed E-state index contributed by atoms with van der Waals surface area (Å²) in [6.45, 7) is 3.05. The molecule has 9 heteroatoms. The van der Waals surface area contributed by atoms with E-state index in [2.05, 4.69) is 19.6 Å². The second-order valence-electron chi connectivity index (χ2n) is 6.95. The summed E-state index contributed by atoms with van der Waals surface area (Å²) in [5, 5.41) is 9.42. The van der Waals surface area contributed by atoms with Gasteiger partial charge in [0.1, 0.15) is 11.6 Å². The van der Waals surface area contributed by atoms with Crippen LogP contribution in [0.2, 0.25) is 0 Å². The van der Waals surface area contributed by atoms with Crippen LogP contribution in [0.25, 0.3) is 10.8 Å². The van der Waals surface area contributed by atoms with E-state index in [1.807, 2.05) is 11.5 Å². The monoisotopic (exact) mass is 384 g/mol. The molecule has 1 aliphatic carbocycles. The molecule has 1 fully saturated rings. The lowest BCUT2D eigenvalue weighted by atomic mass is 10.1. The van der Waals surface area contributed by atoms with Gasteiger partial charge in [0.15, 0.2) is 16.7 Å². The molecule has 1 saturated carbocycles. The van der Waals surface area contributed by atoms with Gasteiger partial charge in [-0.2, -0.15) is 4.37 Å². The normalized spacial score (nSPS) is 19.2. The molecule has 0 radical (unpaired) electrons. The summed E-state index contributed by atoms with van der Waals surface area (Å²) in [6.07, 6.45) is 2.32. The number of nitrogens with zero attached hydrogens (tertiary/aromatic N) is 6. The van der Waals surface area contributed by atoms with Crippen molar-refractivity contribution in [2.24, 2.45) is 0 Å². The first-order valence-corrected chi connectivity index (χ1v) is 9.73. The van der Waals surface area contributed by atoms with Crippen LogP contribution in [0.1, 0.15) is 53.7 Å². The molecule has 1 aliphatic heterocycles. The fourth-order valence-electron chi connectivity index (χ4n) is 3.41. The summed E-state index contributed by atoms with van der Waals surface area (Å²) in [6, 6.07) is 5.39. The van der Waals surface area contributed by atoms with E-state index >= 15 is 0 Å². The molecule has 3 heterocycles. The summed E-state index contributed by atoms with van der Waals surface area (Å²) in [7, 11) is 0. The minimum absolute atomic E-state index is 0.134. The third kappa shape index (κ3) is 2.82. The fraction of sp³-hybridized carbons (Fsp3) is 0.389. The largest absolute Gasteiger partial charge is 0.327 e. The van der Waals surface area contributed by atoms with E-state index in [0.29, 0.717) is 24.6 Å². The smallest absolute Gasteiger partial charge is 0.254 e. The lowest BCUT2D eigenvalue weighted by Gasteiger charge is -2.33. The SMILES string of the molecule is C[C@H]1c2nnc(-c3nc(C4CC4)ns3)n2CCN1C(=O)c1ccc(F)cc1. The fourth-order valence-corrected chi connectivity index (χ4v) is 4.15. The molecule has 2 aliphatic rings. The standard InChI is InChI=1S/C18H17FN6OS/c1-10-15-21-22-16(17-20-14(23-27-17)11-2-3-11)25(15)9-8-24(10)18(26)12-4-6-13(19)7-5-12/h4-7,10-11H,2-3,8-9H2,1H3/t10-/m0/s1. The molecule has 1 aromatic carbocycles. The third-order valence-electron chi connectivity index (χ3n) is 5.11. The Labute approximate surface area is 159 Å². The maximum Gasteiger partial charge on any atom is 0.254 e. The number of carbonyl (C=O) groups excluding carboxylic acids is 1. The van der Waals surface area contributed by atoms with E-state index in [9.17, 15) is 9.18 Å². The van der Waals surface area contributed by atoms with Gasteiger partial charge in [-0.1, -0.05) is 0 Å². The second kappa shape index (κ2) is 6.19. The lowest BCUT2D eigenvalue weighted by molar-refractivity contribution is 0.0638. The minimum Gasteiger partial charge on any atom is -0.327 e. The summed E-state index contributed by atoms with van der Waals surface area (Å²) >= 11 is 1.35. The van der Waals surface area contributed by atoms with Crippen molar-refractivity contribution in [1.82, 2.24) is 29.0 Å². The Hall–Kier alpha value is -2.68. The van der Waals surface area contributed by atoms with Gasteiger partial charge in [-0.25, -0.2) is 9.37 Å². The van der Waals surface area contributed by atoms with Crippen LogP contribution in [0.4, 0.5) is 4.39 Å². The average molecular weight is 384 g/mol. The van der Waals surface area contributed by atoms with Crippen LogP contribution in [0, 0.1) is 5.82 Å². The molecule has 0 bridgehead atoms. The molecular weight excluding hydrogens is 367 g/mol. The van der Waals surface area contributed by atoms with Crippen LogP contribution < -0.4 is 0 Å². The van der Waals surface area contributed by atoms with Crippen molar-refractivity contribution in [3.05, 3.63) is 47.3 Å². The van der Waals surface area contributed by atoms with E-state index < -0.39 is 0 Å². The van der Waals surface area contributed by atoms with Crippen molar-refractivity contribution in [2.45, 2.75) is 38.3 Å². The maximum absolute atomic E-state index is 13.1. The second-order valence-corrected chi connectivity index (χ2v) is 7.70. The Balaban J connectivity index is 1.42. The topological polar surface area (TPSA) is 76.8 Å². The highest BCUT2D eigenvalue weighted by molar-refractivity contribution is 7.09. The lowest BCUT2D eigenvalue weighted by Crippen LogP contribution is -2.41.